The molecule has 0 spiro atoms. The minimum atomic E-state index is -1.00. The van der Waals surface area contributed by atoms with E-state index in [0.29, 0.717) is 10.6 Å². The second-order valence-electron chi connectivity index (χ2n) is 2.42. The lowest BCUT2D eigenvalue weighted by Gasteiger charge is -2.04. The van der Waals surface area contributed by atoms with Crippen molar-refractivity contribution in [3.8, 4) is 0 Å². The zero-order chi connectivity index (χ0) is 9.14. The first-order valence-electron chi connectivity index (χ1n) is 3.41. The number of aliphatic hydroxyl groups excluding tert-OH is 1. The summed E-state index contributed by atoms with van der Waals surface area (Å²) in [5.41, 5.74) is 2.30. The molecule has 66 valence electrons. The highest BCUT2D eigenvalue weighted by Crippen LogP contribution is 2.23. The molecule has 1 aromatic rings. The SMILES string of the molecule is Cc1ncsc1C(O)CC(=O)O. The average Bonchev–Trinajstić information content (AvgIpc) is 2.33. The quantitative estimate of drug-likeness (QED) is 0.739. The summed E-state index contributed by atoms with van der Waals surface area (Å²) in [6.45, 7) is 1.75. The van der Waals surface area contributed by atoms with Gasteiger partial charge in [0.15, 0.2) is 0 Å². The minimum Gasteiger partial charge on any atom is -0.481 e. The maximum atomic E-state index is 10.2. The molecule has 0 saturated heterocycles. The fourth-order valence-electron chi connectivity index (χ4n) is 0.889. The largest absolute Gasteiger partial charge is 0.481 e. The summed E-state index contributed by atoms with van der Waals surface area (Å²) < 4.78 is 0. The van der Waals surface area contributed by atoms with Crippen molar-refractivity contribution >= 4 is 17.3 Å². The number of aryl methyl sites for hydroxylation is 1. The molecule has 0 radical (unpaired) electrons. The number of hydrogen-bond acceptors (Lipinski definition) is 4. The molecule has 0 amide bonds. The van der Waals surface area contributed by atoms with E-state index in [-0.39, 0.29) is 6.42 Å². The molecule has 0 bridgehead atoms. The lowest BCUT2D eigenvalue weighted by molar-refractivity contribution is -0.139. The number of thiazole rings is 1. The van der Waals surface area contributed by atoms with Crippen molar-refractivity contribution in [1.29, 1.82) is 0 Å². The van der Waals surface area contributed by atoms with Gasteiger partial charge in [0, 0.05) is 0 Å². The first kappa shape index (κ1) is 9.15. The van der Waals surface area contributed by atoms with Crippen molar-refractivity contribution in [2.24, 2.45) is 0 Å². The normalized spacial score (nSPS) is 12.8. The van der Waals surface area contributed by atoms with Crippen LogP contribution in [0.5, 0.6) is 0 Å². The van der Waals surface area contributed by atoms with Crippen molar-refractivity contribution in [1.82, 2.24) is 4.98 Å². The highest BCUT2D eigenvalue weighted by Gasteiger charge is 2.15. The second kappa shape index (κ2) is 3.64. The first-order chi connectivity index (χ1) is 5.61. The van der Waals surface area contributed by atoms with Crippen LogP contribution in [0.2, 0.25) is 0 Å². The van der Waals surface area contributed by atoms with Gasteiger partial charge in [-0.3, -0.25) is 4.79 Å². The van der Waals surface area contributed by atoms with Crippen LogP contribution in [-0.2, 0) is 4.79 Å². The molecule has 0 aliphatic heterocycles. The van der Waals surface area contributed by atoms with Crippen molar-refractivity contribution in [3.05, 3.63) is 16.1 Å². The number of hydrogen-bond donors (Lipinski definition) is 2. The first-order valence-corrected chi connectivity index (χ1v) is 4.29. The van der Waals surface area contributed by atoms with E-state index in [1.165, 1.54) is 11.3 Å². The Morgan fingerprint density at radius 2 is 2.50 bits per heavy atom. The fraction of sp³-hybridized carbons (Fsp3) is 0.429. The summed E-state index contributed by atoms with van der Waals surface area (Å²) in [5.74, 6) is -1.00. The van der Waals surface area contributed by atoms with Crippen LogP contribution in [0.25, 0.3) is 0 Å². The molecule has 1 aromatic heterocycles. The molecule has 4 nitrogen and oxygen atoms in total. The van der Waals surface area contributed by atoms with E-state index in [1.807, 2.05) is 0 Å². The Kier molecular flexibility index (Phi) is 2.78. The molecule has 1 atom stereocenters. The molecule has 0 saturated carbocycles. The van der Waals surface area contributed by atoms with Crippen LogP contribution < -0.4 is 0 Å². The Bertz CT molecular complexity index is 284. The highest BCUT2D eigenvalue weighted by molar-refractivity contribution is 7.09. The number of carboxylic acid groups (broad SMARTS) is 1. The van der Waals surface area contributed by atoms with Crippen LogP contribution in [0.15, 0.2) is 5.51 Å². The monoisotopic (exact) mass is 187 g/mol. The van der Waals surface area contributed by atoms with E-state index >= 15 is 0 Å². The van der Waals surface area contributed by atoms with Gasteiger partial charge in [0.1, 0.15) is 6.10 Å². The maximum Gasteiger partial charge on any atom is 0.306 e. The summed E-state index contributed by atoms with van der Waals surface area (Å²) in [5, 5.41) is 17.7. The van der Waals surface area contributed by atoms with Gasteiger partial charge >= 0.3 is 5.97 Å². The van der Waals surface area contributed by atoms with E-state index in [0.717, 1.165) is 0 Å². The third-order valence-electron chi connectivity index (χ3n) is 1.45. The summed E-state index contributed by atoms with van der Waals surface area (Å²) in [6, 6.07) is 0. The summed E-state index contributed by atoms with van der Waals surface area (Å²) in [4.78, 5) is 14.8. The number of aromatic nitrogens is 1. The second-order valence-corrected chi connectivity index (χ2v) is 3.30. The molecule has 1 heterocycles. The van der Waals surface area contributed by atoms with Crippen LogP contribution in [-0.4, -0.2) is 21.2 Å². The Morgan fingerprint density at radius 1 is 1.83 bits per heavy atom. The lowest BCUT2D eigenvalue weighted by atomic mass is 10.2. The molecule has 5 heteroatoms. The molecule has 12 heavy (non-hydrogen) atoms. The molecular formula is C7H9NO3S. The molecule has 1 unspecified atom stereocenters. The smallest absolute Gasteiger partial charge is 0.306 e. The predicted molar refractivity (Wildman–Crippen MR) is 44.1 cm³/mol. The van der Waals surface area contributed by atoms with Crippen LogP contribution >= 0.6 is 11.3 Å². The van der Waals surface area contributed by atoms with Crippen LogP contribution in [0.4, 0.5) is 0 Å². The van der Waals surface area contributed by atoms with E-state index in [2.05, 4.69) is 4.98 Å². The van der Waals surface area contributed by atoms with E-state index < -0.39 is 12.1 Å². The summed E-state index contributed by atoms with van der Waals surface area (Å²) in [7, 11) is 0. The Balaban J connectivity index is 2.71. The number of rotatable bonds is 3. The maximum absolute atomic E-state index is 10.2. The van der Waals surface area contributed by atoms with Crippen molar-refractivity contribution in [2.45, 2.75) is 19.4 Å². The molecule has 0 fully saturated rings. The van der Waals surface area contributed by atoms with Crippen LogP contribution in [0.3, 0.4) is 0 Å². The number of carboxylic acids is 1. The standard InChI is InChI=1S/C7H9NO3S/c1-4-7(12-3-8-4)5(9)2-6(10)11/h3,5,9H,2H2,1H3,(H,10,11). The third kappa shape index (κ3) is 2.02. The van der Waals surface area contributed by atoms with Gasteiger partial charge in [-0.1, -0.05) is 0 Å². The van der Waals surface area contributed by atoms with E-state index in [9.17, 15) is 9.90 Å². The number of aliphatic carboxylic acids is 1. The minimum absolute atomic E-state index is 0.261. The van der Waals surface area contributed by atoms with Gasteiger partial charge in [-0.05, 0) is 6.92 Å². The highest BCUT2D eigenvalue weighted by atomic mass is 32.1. The molecule has 0 aromatic carbocycles. The average molecular weight is 187 g/mol. The van der Waals surface area contributed by atoms with Gasteiger partial charge < -0.3 is 10.2 Å². The van der Waals surface area contributed by atoms with Gasteiger partial charge in [0.2, 0.25) is 0 Å². The number of aliphatic hydroxyl groups is 1. The zero-order valence-corrected chi connectivity index (χ0v) is 7.34. The zero-order valence-electron chi connectivity index (χ0n) is 6.52. The fourth-order valence-corrected chi connectivity index (χ4v) is 1.68. The van der Waals surface area contributed by atoms with Crippen molar-refractivity contribution in [2.75, 3.05) is 0 Å². The van der Waals surface area contributed by atoms with E-state index in [1.54, 1.807) is 12.4 Å². The summed E-state index contributed by atoms with van der Waals surface area (Å²) in [6.07, 6.45) is -1.18. The van der Waals surface area contributed by atoms with Gasteiger partial charge in [0.05, 0.1) is 22.5 Å². The molecule has 1 rings (SSSR count). The van der Waals surface area contributed by atoms with Gasteiger partial charge in [-0.25, -0.2) is 4.98 Å². The lowest BCUT2D eigenvalue weighted by Crippen LogP contribution is -2.04. The van der Waals surface area contributed by atoms with E-state index in [4.69, 9.17) is 5.11 Å². The predicted octanol–water partition coefficient (Wildman–Crippen LogP) is 0.960. The third-order valence-corrected chi connectivity index (χ3v) is 2.49. The van der Waals surface area contributed by atoms with Gasteiger partial charge in [-0.2, -0.15) is 0 Å². The topological polar surface area (TPSA) is 70.4 Å². The Labute approximate surface area is 73.5 Å². The molecular weight excluding hydrogens is 178 g/mol. The Hall–Kier alpha value is -0.940. The number of nitrogens with zero attached hydrogens (tertiary/aromatic N) is 1. The van der Waals surface area contributed by atoms with Crippen LogP contribution in [0.1, 0.15) is 23.1 Å². The molecule has 0 aliphatic rings. The molecule has 2 N–H and O–H groups in total. The summed E-state index contributed by atoms with van der Waals surface area (Å²) >= 11 is 1.28. The van der Waals surface area contributed by atoms with Gasteiger partial charge in [-0.15, -0.1) is 11.3 Å². The van der Waals surface area contributed by atoms with Crippen molar-refractivity contribution in [3.63, 3.8) is 0 Å². The van der Waals surface area contributed by atoms with Gasteiger partial charge in [0.25, 0.3) is 0 Å². The van der Waals surface area contributed by atoms with Crippen molar-refractivity contribution < 1.29 is 15.0 Å². The number of carbonyl (C=O) groups is 1. The van der Waals surface area contributed by atoms with Crippen LogP contribution in [0, 0.1) is 6.92 Å². The molecule has 0 aliphatic carbocycles. The Morgan fingerprint density at radius 3 is 2.92 bits per heavy atom.